The largest absolute Gasteiger partial charge is 0.471 e. The molecule has 0 fully saturated rings. The number of carbonyl (C=O) groups excluding carboxylic acids is 1. The molecule has 0 unspecified atom stereocenters. The van der Waals surface area contributed by atoms with Crippen LogP contribution in [0.3, 0.4) is 0 Å². The lowest BCUT2D eigenvalue weighted by atomic mass is 10.2. The third kappa shape index (κ3) is 2.83. The van der Waals surface area contributed by atoms with Crippen molar-refractivity contribution in [3.05, 3.63) is 24.0 Å². The molecule has 1 rings (SSSR count). The van der Waals surface area contributed by atoms with E-state index < -0.39 is 17.9 Å². The Bertz CT molecular complexity index is 389. The standard InChI is InChI=1S/C8H6F4N2O/c9-4-1-2-6(5(13)3-4)14-7(15)8(10,11)12/h1-3H,13H2,(H,14,15). The minimum atomic E-state index is -5.00. The number of hydrogen-bond donors (Lipinski definition) is 2. The number of rotatable bonds is 1. The molecule has 0 heterocycles. The van der Waals surface area contributed by atoms with Crippen LogP contribution in [-0.4, -0.2) is 12.1 Å². The zero-order valence-electron chi connectivity index (χ0n) is 7.23. The van der Waals surface area contributed by atoms with E-state index in [1.54, 1.807) is 0 Å². The summed E-state index contributed by atoms with van der Waals surface area (Å²) >= 11 is 0. The summed E-state index contributed by atoms with van der Waals surface area (Å²) in [5, 5.41) is 1.52. The van der Waals surface area contributed by atoms with Crippen LogP contribution in [0.15, 0.2) is 18.2 Å². The van der Waals surface area contributed by atoms with Gasteiger partial charge >= 0.3 is 12.1 Å². The van der Waals surface area contributed by atoms with Gasteiger partial charge in [-0.3, -0.25) is 4.79 Å². The Morgan fingerprint density at radius 2 is 1.93 bits per heavy atom. The van der Waals surface area contributed by atoms with Crippen LogP contribution < -0.4 is 11.1 Å². The first-order valence-corrected chi connectivity index (χ1v) is 3.74. The molecular formula is C8H6F4N2O. The highest BCUT2D eigenvalue weighted by molar-refractivity contribution is 5.97. The average Bonchev–Trinajstić information content (AvgIpc) is 2.08. The maximum Gasteiger partial charge on any atom is 0.471 e. The molecule has 0 aromatic heterocycles. The predicted molar refractivity (Wildman–Crippen MR) is 45.5 cm³/mol. The topological polar surface area (TPSA) is 55.1 Å². The van der Waals surface area contributed by atoms with Crippen LogP contribution in [0, 0.1) is 5.82 Å². The summed E-state index contributed by atoms with van der Waals surface area (Å²) in [6.45, 7) is 0. The van der Waals surface area contributed by atoms with Crippen molar-refractivity contribution in [2.75, 3.05) is 11.1 Å². The first-order chi connectivity index (χ1) is 6.80. The van der Waals surface area contributed by atoms with Crippen molar-refractivity contribution in [3.8, 4) is 0 Å². The second-order valence-corrected chi connectivity index (χ2v) is 2.68. The monoisotopic (exact) mass is 222 g/mol. The van der Waals surface area contributed by atoms with Gasteiger partial charge in [-0.15, -0.1) is 0 Å². The average molecular weight is 222 g/mol. The van der Waals surface area contributed by atoms with Crippen molar-refractivity contribution >= 4 is 17.3 Å². The van der Waals surface area contributed by atoms with E-state index in [-0.39, 0.29) is 11.4 Å². The van der Waals surface area contributed by atoms with Gasteiger partial charge in [0.25, 0.3) is 0 Å². The minimum Gasteiger partial charge on any atom is -0.397 e. The lowest BCUT2D eigenvalue weighted by molar-refractivity contribution is -0.167. The van der Waals surface area contributed by atoms with Gasteiger partial charge in [0, 0.05) is 0 Å². The van der Waals surface area contributed by atoms with Gasteiger partial charge in [0.2, 0.25) is 0 Å². The Morgan fingerprint density at radius 3 is 2.40 bits per heavy atom. The Balaban J connectivity index is 2.87. The Kier molecular flexibility index (Phi) is 2.83. The summed E-state index contributed by atoms with van der Waals surface area (Å²) in [6, 6.07) is 2.66. The molecule has 0 aliphatic heterocycles. The van der Waals surface area contributed by atoms with Gasteiger partial charge in [-0.1, -0.05) is 0 Å². The van der Waals surface area contributed by atoms with Crippen LogP contribution >= 0.6 is 0 Å². The number of hydrogen-bond acceptors (Lipinski definition) is 2. The maximum absolute atomic E-state index is 12.5. The molecule has 0 spiro atoms. The number of benzene rings is 1. The van der Waals surface area contributed by atoms with Gasteiger partial charge < -0.3 is 11.1 Å². The smallest absolute Gasteiger partial charge is 0.397 e. The second kappa shape index (κ2) is 3.76. The molecule has 15 heavy (non-hydrogen) atoms. The molecule has 0 saturated heterocycles. The molecule has 0 aliphatic rings. The van der Waals surface area contributed by atoms with Crippen LogP contribution in [0.1, 0.15) is 0 Å². The molecule has 1 aromatic rings. The zero-order valence-corrected chi connectivity index (χ0v) is 7.23. The number of alkyl halides is 3. The quantitative estimate of drug-likeness (QED) is 0.563. The van der Waals surface area contributed by atoms with Gasteiger partial charge in [-0.2, -0.15) is 13.2 Å². The van der Waals surface area contributed by atoms with Crippen LogP contribution in [0.4, 0.5) is 28.9 Å². The third-order valence-electron chi connectivity index (χ3n) is 1.52. The number of nitrogens with one attached hydrogen (secondary N) is 1. The van der Waals surface area contributed by atoms with Gasteiger partial charge in [0.15, 0.2) is 0 Å². The first-order valence-electron chi connectivity index (χ1n) is 3.74. The fourth-order valence-electron chi connectivity index (χ4n) is 0.841. The van der Waals surface area contributed by atoms with E-state index in [0.717, 1.165) is 18.2 Å². The van der Waals surface area contributed by atoms with E-state index >= 15 is 0 Å². The molecule has 0 aliphatic carbocycles. The Morgan fingerprint density at radius 1 is 1.33 bits per heavy atom. The van der Waals surface area contributed by atoms with Crippen molar-refractivity contribution in [1.29, 1.82) is 0 Å². The van der Waals surface area contributed by atoms with Crippen molar-refractivity contribution in [2.24, 2.45) is 0 Å². The summed E-state index contributed by atoms with van der Waals surface area (Å²) in [4.78, 5) is 10.5. The van der Waals surface area contributed by atoms with E-state index in [0.29, 0.717) is 0 Å². The van der Waals surface area contributed by atoms with E-state index in [2.05, 4.69) is 0 Å². The molecule has 3 nitrogen and oxygen atoms in total. The summed E-state index contributed by atoms with van der Waals surface area (Å²) < 4.78 is 48.0. The van der Waals surface area contributed by atoms with Gasteiger partial charge in [0.1, 0.15) is 5.82 Å². The molecule has 82 valence electrons. The highest BCUT2D eigenvalue weighted by Gasteiger charge is 2.38. The zero-order chi connectivity index (χ0) is 11.6. The number of nitrogen functional groups attached to an aromatic ring is 1. The highest BCUT2D eigenvalue weighted by atomic mass is 19.4. The van der Waals surface area contributed by atoms with E-state index in [1.165, 1.54) is 5.32 Å². The fraction of sp³-hybridized carbons (Fsp3) is 0.125. The van der Waals surface area contributed by atoms with Crippen molar-refractivity contribution in [1.82, 2.24) is 0 Å². The number of carbonyl (C=O) groups is 1. The summed E-state index contributed by atoms with van der Waals surface area (Å²) in [5.41, 5.74) is 4.64. The van der Waals surface area contributed by atoms with E-state index in [9.17, 15) is 22.4 Å². The molecule has 3 N–H and O–H groups in total. The molecule has 0 radical (unpaired) electrons. The number of halogens is 4. The minimum absolute atomic E-state index is 0.271. The second-order valence-electron chi connectivity index (χ2n) is 2.68. The first kappa shape index (κ1) is 11.3. The Labute approximate surface area is 81.9 Å². The van der Waals surface area contributed by atoms with Crippen molar-refractivity contribution < 1.29 is 22.4 Å². The number of amides is 1. The van der Waals surface area contributed by atoms with Crippen molar-refractivity contribution in [3.63, 3.8) is 0 Å². The van der Waals surface area contributed by atoms with Crippen LogP contribution in [0.5, 0.6) is 0 Å². The highest BCUT2D eigenvalue weighted by Crippen LogP contribution is 2.22. The van der Waals surface area contributed by atoms with Gasteiger partial charge in [-0.25, -0.2) is 4.39 Å². The van der Waals surface area contributed by atoms with Crippen molar-refractivity contribution in [2.45, 2.75) is 6.18 Å². The lowest BCUT2D eigenvalue weighted by Crippen LogP contribution is -2.30. The van der Waals surface area contributed by atoms with Crippen LogP contribution in [0.25, 0.3) is 0 Å². The summed E-state index contributed by atoms with van der Waals surface area (Å²) in [7, 11) is 0. The SMILES string of the molecule is Nc1cc(F)ccc1NC(=O)C(F)(F)F. The third-order valence-corrected chi connectivity index (χ3v) is 1.52. The lowest BCUT2D eigenvalue weighted by Gasteiger charge is -2.09. The summed E-state index contributed by atoms with van der Waals surface area (Å²) in [6.07, 6.45) is -5.00. The molecular weight excluding hydrogens is 216 g/mol. The van der Waals surface area contributed by atoms with Gasteiger partial charge in [0.05, 0.1) is 11.4 Å². The molecule has 0 atom stereocenters. The fourth-order valence-corrected chi connectivity index (χ4v) is 0.841. The Hall–Kier alpha value is -1.79. The molecule has 0 saturated carbocycles. The molecule has 1 aromatic carbocycles. The summed E-state index contributed by atoms with van der Waals surface area (Å²) in [5.74, 6) is -2.85. The predicted octanol–water partition coefficient (Wildman–Crippen LogP) is 1.91. The molecule has 1 amide bonds. The van der Waals surface area contributed by atoms with Gasteiger partial charge in [-0.05, 0) is 18.2 Å². The van der Waals surface area contributed by atoms with Crippen LogP contribution in [-0.2, 0) is 4.79 Å². The number of anilines is 2. The van der Waals surface area contributed by atoms with E-state index in [4.69, 9.17) is 5.73 Å². The normalized spacial score (nSPS) is 11.2. The molecule has 0 bridgehead atoms. The van der Waals surface area contributed by atoms with Crippen LogP contribution in [0.2, 0.25) is 0 Å². The maximum atomic E-state index is 12.5. The molecule has 7 heteroatoms. The number of nitrogens with two attached hydrogens (primary N) is 1. The van der Waals surface area contributed by atoms with E-state index in [1.807, 2.05) is 0 Å².